The fourth-order valence-electron chi connectivity index (χ4n) is 4.45. The number of hydrogen-bond donors (Lipinski definition) is 0. The van der Waals surface area contributed by atoms with Crippen LogP contribution < -0.4 is 44.6 Å². The summed E-state index contributed by atoms with van der Waals surface area (Å²) in [6.45, 7) is 9.52. The highest BCUT2D eigenvalue weighted by molar-refractivity contribution is 7.81. The van der Waals surface area contributed by atoms with E-state index in [1.807, 2.05) is 24.3 Å². The highest BCUT2D eigenvalue weighted by atomic mass is 79.9. The summed E-state index contributed by atoms with van der Waals surface area (Å²) in [6, 6.07) is 38.0. The molecule has 4 aromatic carbocycles. The molecule has 0 atom stereocenters. The van der Waals surface area contributed by atoms with Crippen LogP contribution in [0.1, 0.15) is 27.0 Å². The number of halogens is 2. The Hall–Kier alpha value is -1.63. The lowest BCUT2D eigenvalue weighted by Gasteiger charge is -2.18. The fraction of sp³-hybridized carbons (Fsp3) is 0.194. The van der Waals surface area contributed by atoms with Crippen molar-refractivity contribution in [1.29, 1.82) is 0 Å². The first-order valence-electron chi connectivity index (χ1n) is 11.7. The number of rotatable bonds is 8. The van der Waals surface area contributed by atoms with Crippen LogP contribution in [0.2, 0.25) is 0 Å². The van der Waals surface area contributed by atoms with Gasteiger partial charge in [0.1, 0.15) is 0 Å². The predicted octanol–water partition coefficient (Wildman–Crippen LogP) is 1.13. The average Bonchev–Trinajstić information content (AvgIpc) is 2.85. The molecule has 4 aromatic rings. The summed E-state index contributed by atoms with van der Waals surface area (Å²) in [7, 11) is -2.48. The molecule has 4 rings (SSSR count). The van der Waals surface area contributed by atoms with Crippen LogP contribution in [-0.2, 0) is 12.3 Å². The summed E-state index contributed by atoms with van der Waals surface area (Å²) in [5, 5.41) is 2.88. The molecule has 5 heteroatoms. The van der Waals surface area contributed by atoms with Gasteiger partial charge in [-0.15, -0.1) is 0 Å². The number of carbonyl (C=O) groups is 1. The van der Waals surface area contributed by atoms with E-state index in [1.165, 1.54) is 21.7 Å². The second-order valence-corrected chi connectivity index (χ2v) is 18.5. The Kier molecular flexibility index (Phi) is 11.3. The summed E-state index contributed by atoms with van der Waals surface area (Å²) in [4.78, 5) is 13.1. The topological polar surface area (TPSA) is 17.1 Å². The number of carbonyl (C=O) groups excluding carboxylic acids is 1. The standard InChI is InChI=1S/C31H34OP2.2BrH/c1-33(2,29-11-7-5-8-12-29)23-25-15-19-27(20-16-25)31(32)28-21-17-26(18-22-28)24-34(3,4)30-13-9-6-10-14-30;;/h5-22H,23-24H2,1-4H3;2*1H/q+2;;/p-2. The van der Waals surface area contributed by atoms with Gasteiger partial charge < -0.3 is 34.0 Å². The van der Waals surface area contributed by atoms with Crippen molar-refractivity contribution in [2.24, 2.45) is 0 Å². The van der Waals surface area contributed by atoms with Crippen LogP contribution in [0.5, 0.6) is 0 Å². The zero-order valence-electron chi connectivity index (χ0n) is 21.4. The predicted molar refractivity (Wildman–Crippen MR) is 153 cm³/mol. The van der Waals surface area contributed by atoms with E-state index >= 15 is 0 Å². The van der Waals surface area contributed by atoms with Crippen LogP contribution in [0.15, 0.2) is 109 Å². The van der Waals surface area contributed by atoms with Crippen LogP contribution in [0.4, 0.5) is 0 Å². The molecule has 0 amide bonds. The lowest BCUT2D eigenvalue weighted by Crippen LogP contribution is -3.00. The van der Waals surface area contributed by atoms with Gasteiger partial charge in [-0.25, -0.2) is 0 Å². The van der Waals surface area contributed by atoms with Crippen LogP contribution in [0.25, 0.3) is 0 Å². The van der Waals surface area contributed by atoms with Gasteiger partial charge in [-0.2, -0.15) is 0 Å². The molecule has 0 radical (unpaired) electrons. The molecule has 0 saturated heterocycles. The Bertz CT molecular complexity index is 1140. The van der Waals surface area contributed by atoms with E-state index in [1.54, 1.807) is 0 Å². The zero-order chi connectivity index (χ0) is 24.2. The summed E-state index contributed by atoms with van der Waals surface area (Å²) in [5.41, 5.74) is 4.09. The van der Waals surface area contributed by atoms with Crippen LogP contribution in [0, 0.1) is 0 Å². The van der Waals surface area contributed by atoms with Crippen molar-refractivity contribution in [3.8, 4) is 0 Å². The number of ketones is 1. The maximum absolute atomic E-state index is 13.1. The first-order chi connectivity index (χ1) is 16.2. The average molecular weight is 644 g/mol. The lowest BCUT2D eigenvalue weighted by atomic mass is 10.0. The highest BCUT2D eigenvalue weighted by Crippen LogP contribution is 2.53. The minimum atomic E-state index is -1.24. The molecule has 0 bridgehead atoms. The molecule has 0 spiro atoms. The highest BCUT2D eigenvalue weighted by Gasteiger charge is 2.29. The van der Waals surface area contributed by atoms with E-state index in [0.717, 1.165) is 23.5 Å². The molecule has 0 N–H and O–H groups in total. The van der Waals surface area contributed by atoms with Crippen LogP contribution in [-0.4, -0.2) is 32.4 Å². The third-order valence-corrected chi connectivity index (χ3v) is 12.2. The quantitative estimate of drug-likeness (QED) is 0.208. The maximum atomic E-state index is 13.1. The first kappa shape index (κ1) is 30.6. The Balaban J connectivity index is 0.00000228. The van der Waals surface area contributed by atoms with Gasteiger partial charge in [0.25, 0.3) is 0 Å². The zero-order valence-corrected chi connectivity index (χ0v) is 26.3. The summed E-state index contributed by atoms with van der Waals surface area (Å²) >= 11 is 0. The Morgan fingerprint density at radius 3 is 1.11 bits per heavy atom. The Labute approximate surface area is 239 Å². The second-order valence-electron chi connectivity index (χ2n) is 10.1. The van der Waals surface area contributed by atoms with Crippen LogP contribution in [0.3, 0.4) is 0 Å². The van der Waals surface area contributed by atoms with E-state index < -0.39 is 14.5 Å². The Morgan fingerprint density at radius 1 is 0.500 bits per heavy atom. The van der Waals surface area contributed by atoms with Gasteiger partial charge in [0.2, 0.25) is 0 Å². The molecule has 0 aliphatic carbocycles. The largest absolute Gasteiger partial charge is 1.00 e. The van der Waals surface area contributed by atoms with Gasteiger partial charge in [0.05, 0.1) is 49.6 Å². The van der Waals surface area contributed by atoms with E-state index in [2.05, 4.69) is 112 Å². The minimum absolute atomic E-state index is 0. The fourth-order valence-corrected chi connectivity index (χ4v) is 9.02. The minimum Gasteiger partial charge on any atom is -1.00 e. The van der Waals surface area contributed by atoms with Gasteiger partial charge in [0, 0.05) is 25.7 Å². The molecule has 36 heavy (non-hydrogen) atoms. The van der Waals surface area contributed by atoms with E-state index in [0.29, 0.717) is 0 Å². The number of hydrogen-bond acceptors (Lipinski definition) is 1. The van der Waals surface area contributed by atoms with Gasteiger partial charge in [-0.1, -0.05) is 84.9 Å². The first-order valence-corrected chi connectivity index (χ1v) is 17.5. The van der Waals surface area contributed by atoms with Crippen molar-refractivity contribution in [3.05, 3.63) is 131 Å². The number of benzene rings is 4. The molecule has 1 nitrogen and oxygen atoms in total. The molecule has 0 saturated carbocycles. The third kappa shape index (κ3) is 7.69. The molecule has 188 valence electrons. The van der Waals surface area contributed by atoms with E-state index in [4.69, 9.17) is 0 Å². The second kappa shape index (κ2) is 13.3. The van der Waals surface area contributed by atoms with Gasteiger partial charge in [-0.05, 0) is 35.4 Å². The van der Waals surface area contributed by atoms with Crippen molar-refractivity contribution >= 4 is 30.9 Å². The molecule has 0 aliphatic rings. The van der Waals surface area contributed by atoms with Crippen molar-refractivity contribution in [1.82, 2.24) is 0 Å². The lowest BCUT2D eigenvalue weighted by molar-refractivity contribution is -0.00100. The summed E-state index contributed by atoms with van der Waals surface area (Å²) in [6.07, 6.45) is 2.08. The Morgan fingerprint density at radius 2 is 0.806 bits per heavy atom. The summed E-state index contributed by atoms with van der Waals surface area (Å²) < 4.78 is 0. The van der Waals surface area contributed by atoms with Crippen LogP contribution >= 0.6 is 14.5 Å². The molecule has 0 fully saturated rings. The maximum Gasteiger partial charge on any atom is 0.193 e. The van der Waals surface area contributed by atoms with Crippen molar-refractivity contribution < 1.29 is 38.8 Å². The van der Waals surface area contributed by atoms with Crippen molar-refractivity contribution in [3.63, 3.8) is 0 Å². The third-order valence-electron chi connectivity index (χ3n) is 6.50. The van der Waals surface area contributed by atoms with E-state index in [9.17, 15) is 4.79 Å². The smallest absolute Gasteiger partial charge is 0.193 e. The van der Waals surface area contributed by atoms with Gasteiger partial charge in [-0.3, -0.25) is 4.79 Å². The van der Waals surface area contributed by atoms with Gasteiger partial charge >= 0.3 is 0 Å². The molecule has 0 aromatic heterocycles. The molecule has 0 unspecified atom stereocenters. The molecular formula is C31H34Br2OP2. The molecule has 0 heterocycles. The monoisotopic (exact) mass is 642 g/mol. The van der Waals surface area contributed by atoms with Gasteiger partial charge in [0.15, 0.2) is 5.78 Å². The normalized spacial score (nSPS) is 11.2. The SMILES string of the molecule is C[P+](C)(Cc1ccc(C(=O)c2ccc(C[P+](C)(C)c3ccccc3)cc2)cc1)c1ccccc1.[Br-].[Br-]. The van der Waals surface area contributed by atoms with E-state index in [-0.39, 0.29) is 39.7 Å². The molecule has 0 aliphatic heterocycles. The van der Waals surface area contributed by atoms with Crippen molar-refractivity contribution in [2.75, 3.05) is 26.7 Å². The summed E-state index contributed by atoms with van der Waals surface area (Å²) in [5.74, 6) is 0.0901. The molecular weight excluding hydrogens is 610 g/mol. The van der Waals surface area contributed by atoms with Crippen molar-refractivity contribution in [2.45, 2.75) is 12.3 Å².